The molecule has 0 radical (unpaired) electrons. The zero-order chi connectivity index (χ0) is 14.4. The summed E-state index contributed by atoms with van der Waals surface area (Å²) in [5.74, 6) is 1.28. The Labute approximate surface area is 118 Å². The number of pyridine rings is 1. The number of hydrogen-bond acceptors (Lipinski definition) is 3. The van der Waals surface area contributed by atoms with Crippen LogP contribution in [0.5, 0.6) is 5.75 Å². The van der Waals surface area contributed by atoms with Crippen LogP contribution in [-0.2, 0) is 6.61 Å². The van der Waals surface area contributed by atoms with Crippen molar-refractivity contribution in [1.29, 1.82) is 0 Å². The van der Waals surface area contributed by atoms with Crippen molar-refractivity contribution >= 4 is 5.82 Å². The Morgan fingerprint density at radius 1 is 1.25 bits per heavy atom. The van der Waals surface area contributed by atoms with Crippen molar-refractivity contribution in [3.8, 4) is 5.75 Å². The van der Waals surface area contributed by atoms with E-state index in [1.54, 1.807) is 6.07 Å². The van der Waals surface area contributed by atoms with Gasteiger partial charge in [-0.3, -0.25) is 0 Å². The Balaban J connectivity index is 1.99. The quantitative estimate of drug-likeness (QED) is 0.866. The lowest BCUT2D eigenvalue weighted by molar-refractivity contribution is 0.299. The van der Waals surface area contributed by atoms with Gasteiger partial charge in [0.2, 0.25) is 0 Å². The molecule has 0 fully saturated rings. The predicted octanol–water partition coefficient (Wildman–Crippen LogP) is 3.93. The van der Waals surface area contributed by atoms with E-state index in [-0.39, 0.29) is 5.82 Å². The molecular weight excluding hydrogens is 255 g/mol. The fourth-order valence-electron chi connectivity index (χ4n) is 1.84. The molecule has 20 heavy (non-hydrogen) atoms. The van der Waals surface area contributed by atoms with E-state index in [1.807, 2.05) is 25.1 Å². The number of nitrogens with one attached hydrogen (secondary N) is 1. The summed E-state index contributed by atoms with van der Waals surface area (Å²) in [4.78, 5) is 4.46. The highest BCUT2D eigenvalue weighted by molar-refractivity contribution is 5.36. The lowest BCUT2D eigenvalue weighted by Gasteiger charge is -2.10. The third kappa shape index (κ3) is 3.95. The van der Waals surface area contributed by atoms with Gasteiger partial charge in [0.1, 0.15) is 24.0 Å². The van der Waals surface area contributed by atoms with Crippen LogP contribution in [0.2, 0.25) is 0 Å². The van der Waals surface area contributed by atoms with E-state index >= 15 is 0 Å². The van der Waals surface area contributed by atoms with Crippen molar-refractivity contribution in [3.05, 3.63) is 53.5 Å². The van der Waals surface area contributed by atoms with Gasteiger partial charge in [-0.25, -0.2) is 9.37 Å². The summed E-state index contributed by atoms with van der Waals surface area (Å²) in [6, 6.07) is 10.3. The molecule has 1 aromatic heterocycles. The minimum atomic E-state index is -0.251. The van der Waals surface area contributed by atoms with Gasteiger partial charge in [-0.1, -0.05) is 13.0 Å². The van der Waals surface area contributed by atoms with Crippen LogP contribution in [0.3, 0.4) is 0 Å². The number of halogens is 1. The Kier molecular flexibility index (Phi) is 4.93. The second-order valence-electron chi connectivity index (χ2n) is 4.64. The molecule has 2 aromatic rings. The molecule has 0 unspecified atom stereocenters. The molecule has 0 aliphatic heterocycles. The summed E-state index contributed by atoms with van der Waals surface area (Å²) in [5.41, 5.74) is 1.63. The van der Waals surface area contributed by atoms with E-state index in [1.165, 1.54) is 12.1 Å². The number of nitrogens with zero attached hydrogens (tertiary/aromatic N) is 1. The number of ether oxygens (including phenoxy) is 1. The molecular formula is C16H19FN2O. The van der Waals surface area contributed by atoms with Gasteiger partial charge in [0.25, 0.3) is 0 Å². The molecule has 4 heteroatoms. The van der Waals surface area contributed by atoms with Gasteiger partial charge < -0.3 is 10.1 Å². The SMILES string of the molecule is CCCNc1cccc(COc2ccc(F)cc2C)n1. The van der Waals surface area contributed by atoms with E-state index in [4.69, 9.17) is 4.74 Å². The Morgan fingerprint density at radius 2 is 2.10 bits per heavy atom. The molecule has 0 atom stereocenters. The second kappa shape index (κ2) is 6.89. The Hall–Kier alpha value is -2.10. The highest BCUT2D eigenvalue weighted by Crippen LogP contribution is 2.19. The van der Waals surface area contributed by atoms with Crippen LogP contribution in [0.1, 0.15) is 24.6 Å². The van der Waals surface area contributed by atoms with Gasteiger partial charge in [-0.05, 0) is 49.2 Å². The molecule has 0 aliphatic rings. The lowest BCUT2D eigenvalue weighted by Crippen LogP contribution is -2.05. The van der Waals surface area contributed by atoms with Crippen molar-refractivity contribution < 1.29 is 9.13 Å². The van der Waals surface area contributed by atoms with Crippen LogP contribution in [-0.4, -0.2) is 11.5 Å². The number of rotatable bonds is 6. The number of hydrogen-bond donors (Lipinski definition) is 1. The third-order valence-electron chi connectivity index (χ3n) is 2.88. The smallest absolute Gasteiger partial charge is 0.130 e. The van der Waals surface area contributed by atoms with E-state index in [0.717, 1.165) is 30.0 Å². The van der Waals surface area contributed by atoms with Crippen LogP contribution >= 0.6 is 0 Å². The molecule has 0 aliphatic carbocycles. The average Bonchev–Trinajstić information content (AvgIpc) is 2.45. The van der Waals surface area contributed by atoms with Crippen molar-refractivity contribution in [2.45, 2.75) is 26.9 Å². The van der Waals surface area contributed by atoms with Crippen LogP contribution in [0.25, 0.3) is 0 Å². The summed E-state index contributed by atoms with van der Waals surface area (Å²) in [7, 11) is 0. The van der Waals surface area contributed by atoms with Crippen LogP contribution in [0.4, 0.5) is 10.2 Å². The minimum absolute atomic E-state index is 0.251. The first-order valence-corrected chi connectivity index (χ1v) is 6.78. The van der Waals surface area contributed by atoms with Gasteiger partial charge >= 0.3 is 0 Å². The normalized spacial score (nSPS) is 10.3. The van der Waals surface area contributed by atoms with Crippen molar-refractivity contribution in [1.82, 2.24) is 4.98 Å². The van der Waals surface area contributed by atoms with E-state index in [0.29, 0.717) is 12.4 Å². The minimum Gasteiger partial charge on any atom is -0.487 e. The zero-order valence-electron chi connectivity index (χ0n) is 11.8. The van der Waals surface area contributed by atoms with Gasteiger partial charge in [-0.2, -0.15) is 0 Å². The van der Waals surface area contributed by atoms with Gasteiger partial charge in [0.05, 0.1) is 5.69 Å². The zero-order valence-corrected chi connectivity index (χ0v) is 11.8. The maximum absolute atomic E-state index is 13.0. The van der Waals surface area contributed by atoms with Crippen molar-refractivity contribution in [2.24, 2.45) is 0 Å². The number of aromatic nitrogens is 1. The van der Waals surface area contributed by atoms with E-state index in [9.17, 15) is 4.39 Å². The molecule has 0 spiro atoms. The summed E-state index contributed by atoms with van der Waals surface area (Å²) >= 11 is 0. The Morgan fingerprint density at radius 3 is 2.85 bits per heavy atom. The van der Waals surface area contributed by atoms with Crippen LogP contribution in [0, 0.1) is 12.7 Å². The predicted molar refractivity (Wildman–Crippen MR) is 78.5 cm³/mol. The highest BCUT2D eigenvalue weighted by Gasteiger charge is 2.03. The average molecular weight is 274 g/mol. The second-order valence-corrected chi connectivity index (χ2v) is 4.64. The van der Waals surface area contributed by atoms with E-state index < -0.39 is 0 Å². The molecule has 0 bridgehead atoms. The first-order chi connectivity index (χ1) is 9.69. The lowest BCUT2D eigenvalue weighted by atomic mass is 10.2. The molecule has 2 rings (SSSR count). The van der Waals surface area contributed by atoms with Crippen LogP contribution < -0.4 is 10.1 Å². The molecule has 0 saturated heterocycles. The molecule has 1 aromatic carbocycles. The van der Waals surface area contributed by atoms with Crippen molar-refractivity contribution in [3.63, 3.8) is 0 Å². The molecule has 0 saturated carbocycles. The van der Waals surface area contributed by atoms with Gasteiger partial charge in [0.15, 0.2) is 0 Å². The Bertz CT molecular complexity index is 572. The first kappa shape index (κ1) is 14.3. The summed E-state index contributed by atoms with van der Waals surface area (Å²) < 4.78 is 18.7. The highest BCUT2D eigenvalue weighted by atomic mass is 19.1. The first-order valence-electron chi connectivity index (χ1n) is 6.78. The summed E-state index contributed by atoms with van der Waals surface area (Å²) in [6.07, 6.45) is 1.05. The number of aryl methyl sites for hydroxylation is 1. The standard InChI is InChI=1S/C16H19FN2O/c1-3-9-18-16-6-4-5-14(19-16)11-20-15-8-7-13(17)10-12(15)2/h4-8,10H,3,9,11H2,1-2H3,(H,18,19). The fraction of sp³-hybridized carbons (Fsp3) is 0.312. The maximum Gasteiger partial charge on any atom is 0.130 e. The largest absolute Gasteiger partial charge is 0.487 e. The summed E-state index contributed by atoms with van der Waals surface area (Å²) in [6.45, 7) is 5.20. The van der Waals surface area contributed by atoms with Crippen molar-refractivity contribution in [2.75, 3.05) is 11.9 Å². The fourth-order valence-corrected chi connectivity index (χ4v) is 1.84. The molecule has 0 amide bonds. The molecule has 1 N–H and O–H groups in total. The number of anilines is 1. The van der Waals surface area contributed by atoms with Crippen LogP contribution in [0.15, 0.2) is 36.4 Å². The van der Waals surface area contributed by atoms with Gasteiger partial charge in [-0.15, -0.1) is 0 Å². The molecule has 1 heterocycles. The maximum atomic E-state index is 13.0. The van der Waals surface area contributed by atoms with E-state index in [2.05, 4.69) is 17.2 Å². The molecule has 3 nitrogen and oxygen atoms in total. The topological polar surface area (TPSA) is 34.1 Å². The number of benzene rings is 1. The van der Waals surface area contributed by atoms with Gasteiger partial charge in [0, 0.05) is 6.54 Å². The third-order valence-corrected chi connectivity index (χ3v) is 2.88. The monoisotopic (exact) mass is 274 g/mol. The summed E-state index contributed by atoms with van der Waals surface area (Å²) in [5, 5.41) is 3.24. The molecule has 106 valence electrons.